The summed E-state index contributed by atoms with van der Waals surface area (Å²) in [5.74, 6) is 1.80. The van der Waals surface area contributed by atoms with Crippen LogP contribution in [0.4, 0.5) is 0 Å². The molecule has 0 radical (unpaired) electrons. The van der Waals surface area contributed by atoms with Gasteiger partial charge in [0, 0.05) is 11.4 Å². The quantitative estimate of drug-likeness (QED) is 0.546. The lowest BCUT2D eigenvalue weighted by molar-refractivity contribution is -0.126. The van der Waals surface area contributed by atoms with Crippen LogP contribution in [-0.4, -0.2) is 50.7 Å². The Labute approximate surface area is 175 Å². The van der Waals surface area contributed by atoms with Crippen molar-refractivity contribution in [2.45, 2.75) is 63.4 Å². The first-order chi connectivity index (χ1) is 13.7. The summed E-state index contributed by atoms with van der Waals surface area (Å²) in [6, 6.07) is 8.41. The normalized spacial score (nSPS) is 18.2. The molecule has 0 spiro atoms. The molecule has 2 fully saturated rings. The van der Waals surface area contributed by atoms with Gasteiger partial charge in [-0.25, -0.2) is 0 Å². The van der Waals surface area contributed by atoms with E-state index in [4.69, 9.17) is 14.6 Å². The number of thioether (sulfide) groups is 1. The predicted molar refractivity (Wildman–Crippen MR) is 118 cm³/mol. The van der Waals surface area contributed by atoms with E-state index < -0.39 is 0 Å². The van der Waals surface area contributed by atoms with E-state index in [-0.39, 0.29) is 6.10 Å². The van der Waals surface area contributed by atoms with Gasteiger partial charge in [-0.2, -0.15) is 0 Å². The first-order valence-electron chi connectivity index (χ1n) is 10.3. The highest BCUT2D eigenvalue weighted by atomic mass is 32.2. The molecule has 1 saturated heterocycles. The summed E-state index contributed by atoms with van der Waals surface area (Å²) in [7, 11) is 1.31. The maximum Gasteiger partial charge on any atom is 0.292 e. The predicted octanol–water partition coefficient (Wildman–Crippen LogP) is 4.52. The Balaban J connectivity index is 0.000000500. The van der Waals surface area contributed by atoms with Gasteiger partial charge >= 0.3 is 0 Å². The van der Waals surface area contributed by atoms with Crippen molar-refractivity contribution < 1.29 is 19.4 Å². The van der Waals surface area contributed by atoms with Crippen molar-refractivity contribution in [3.63, 3.8) is 0 Å². The number of aliphatic hydroxyl groups excluding tert-OH is 1. The van der Waals surface area contributed by atoms with E-state index in [2.05, 4.69) is 40.6 Å². The van der Waals surface area contributed by atoms with Crippen molar-refractivity contribution in [1.82, 2.24) is 5.32 Å². The topological polar surface area (TPSA) is 67.8 Å². The fraction of sp³-hybridized carbons (Fsp3) is 0.682. The molecule has 0 bridgehead atoms. The van der Waals surface area contributed by atoms with E-state index in [0.29, 0.717) is 6.47 Å². The smallest absolute Gasteiger partial charge is 0.292 e. The van der Waals surface area contributed by atoms with Crippen molar-refractivity contribution >= 4 is 18.2 Å². The highest BCUT2D eigenvalue weighted by molar-refractivity contribution is 7.98. The molecule has 6 heteroatoms. The Morgan fingerprint density at radius 3 is 2.14 bits per heavy atom. The lowest BCUT2D eigenvalue weighted by Gasteiger charge is -2.21. The van der Waals surface area contributed by atoms with Gasteiger partial charge in [0.25, 0.3) is 6.47 Å². The number of ether oxygens (including phenoxy) is 2. The number of nitrogens with one attached hydrogen (secondary N) is 1. The van der Waals surface area contributed by atoms with Crippen LogP contribution in [0.2, 0.25) is 0 Å². The van der Waals surface area contributed by atoms with Gasteiger partial charge in [0.05, 0.1) is 19.8 Å². The minimum absolute atomic E-state index is 0.0648. The second kappa shape index (κ2) is 19.1. The van der Waals surface area contributed by atoms with Crippen molar-refractivity contribution in [1.29, 1.82) is 0 Å². The van der Waals surface area contributed by atoms with E-state index in [1.807, 2.05) is 13.8 Å². The Hall–Kier alpha value is -1.24. The molecule has 1 aliphatic carbocycles. The Bertz CT molecular complexity index is 458. The van der Waals surface area contributed by atoms with E-state index in [1.165, 1.54) is 44.1 Å². The molecule has 28 heavy (non-hydrogen) atoms. The van der Waals surface area contributed by atoms with Gasteiger partial charge in [0.2, 0.25) is 0 Å². The van der Waals surface area contributed by atoms with E-state index in [1.54, 1.807) is 11.8 Å². The number of methoxy groups -OCH3 is 1. The maximum absolute atomic E-state index is 8.95. The minimum atomic E-state index is -0.0648. The molecule has 3 rings (SSSR count). The van der Waals surface area contributed by atoms with Crippen LogP contribution in [0.15, 0.2) is 29.2 Å². The zero-order valence-corrected chi connectivity index (χ0v) is 18.8. The Morgan fingerprint density at radius 2 is 1.75 bits per heavy atom. The first kappa shape index (κ1) is 26.8. The molecular formula is C22H39NO4S. The van der Waals surface area contributed by atoms with Crippen LogP contribution in [0, 0.1) is 5.92 Å². The van der Waals surface area contributed by atoms with Gasteiger partial charge in [-0.3, -0.25) is 4.79 Å². The van der Waals surface area contributed by atoms with E-state index >= 15 is 0 Å². The van der Waals surface area contributed by atoms with Gasteiger partial charge < -0.3 is 19.9 Å². The molecule has 1 saturated carbocycles. The third-order valence-corrected chi connectivity index (χ3v) is 5.14. The third-order valence-electron chi connectivity index (χ3n) is 4.40. The molecule has 162 valence electrons. The fourth-order valence-corrected chi connectivity index (χ4v) is 3.29. The number of hydrogen-bond acceptors (Lipinski definition) is 6. The number of aliphatic hydroxyl groups is 1. The number of benzene rings is 1. The van der Waals surface area contributed by atoms with Crippen molar-refractivity contribution in [3.05, 3.63) is 24.3 Å². The Morgan fingerprint density at radius 1 is 1.14 bits per heavy atom. The van der Waals surface area contributed by atoms with Gasteiger partial charge in [0.15, 0.2) is 0 Å². The molecule has 1 heterocycles. The zero-order chi connectivity index (χ0) is 21.0. The SMILES string of the molecule is CC.COC=O.CSc1ccc(OCC2CCCCC2)cc1.OC1CCNC1. The summed E-state index contributed by atoms with van der Waals surface area (Å²) < 4.78 is 9.70. The molecule has 1 aromatic rings. The van der Waals surface area contributed by atoms with Crippen molar-refractivity contribution in [2.75, 3.05) is 33.1 Å². The monoisotopic (exact) mass is 413 g/mol. The fourth-order valence-electron chi connectivity index (χ4n) is 2.88. The van der Waals surface area contributed by atoms with Gasteiger partial charge in [0.1, 0.15) is 5.75 Å². The van der Waals surface area contributed by atoms with Crippen LogP contribution in [0.25, 0.3) is 0 Å². The number of carbonyl (C=O) groups is 1. The summed E-state index contributed by atoms with van der Waals surface area (Å²) in [4.78, 5) is 10.2. The molecular weight excluding hydrogens is 374 g/mol. The molecule has 2 aliphatic rings. The lowest BCUT2D eigenvalue weighted by Crippen LogP contribution is -2.15. The highest BCUT2D eigenvalue weighted by Crippen LogP contribution is 2.25. The van der Waals surface area contributed by atoms with Crippen molar-refractivity contribution in [3.8, 4) is 5.75 Å². The molecule has 0 aromatic heterocycles. The largest absolute Gasteiger partial charge is 0.493 e. The van der Waals surface area contributed by atoms with Crippen LogP contribution in [0.3, 0.4) is 0 Å². The average Bonchev–Trinajstić information content (AvgIpc) is 3.26. The maximum atomic E-state index is 8.95. The molecule has 5 nitrogen and oxygen atoms in total. The number of β-amino-alcohol motifs (C(OH)–C–C–N with tert-alkyl or cyclic N) is 1. The van der Waals surface area contributed by atoms with Crippen LogP contribution in [-0.2, 0) is 9.53 Å². The highest BCUT2D eigenvalue weighted by Gasteiger charge is 2.13. The molecule has 0 amide bonds. The van der Waals surface area contributed by atoms with Crippen LogP contribution < -0.4 is 10.1 Å². The number of carbonyl (C=O) groups excluding carboxylic acids is 1. The standard InChI is InChI=1S/C14H20OS.C4H9NO.C2H4O2.C2H6/c1-16-14-9-7-13(8-10-14)15-11-12-5-3-2-4-6-12;6-4-1-2-5-3-4;1-4-2-3;1-2/h7-10,12H,2-6,11H2,1H3;4-6H,1-3H2;2H,1H3;1-2H3. The zero-order valence-electron chi connectivity index (χ0n) is 18.0. The van der Waals surface area contributed by atoms with Gasteiger partial charge in [-0.1, -0.05) is 33.1 Å². The molecule has 1 aromatic carbocycles. The van der Waals surface area contributed by atoms with E-state index in [9.17, 15) is 0 Å². The summed E-state index contributed by atoms with van der Waals surface area (Å²) in [5, 5.41) is 11.7. The number of rotatable bonds is 5. The second-order valence-electron chi connectivity index (χ2n) is 6.47. The van der Waals surface area contributed by atoms with E-state index in [0.717, 1.165) is 37.8 Å². The first-order valence-corrected chi connectivity index (χ1v) is 11.5. The summed E-state index contributed by atoms with van der Waals surface area (Å²) in [5.41, 5.74) is 0. The van der Waals surface area contributed by atoms with Crippen LogP contribution in [0.1, 0.15) is 52.4 Å². The molecule has 1 unspecified atom stereocenters. The number of hydrogen-bond donors (Lipinski definition) is 2. The van der Waals surface area contributed by atoms with Crippen molar-refractivity contribution in [2.24, 2.45) is 5.92 Å². The van der Waals surface area contributed by atoms with Crippen LogP contribution in [0.5, 0.6) is 5.75 Å². The summed E-state index contributed by atoms with van der Waals surface area (Å²) >= 11 is 1.77. The summed E-state index contributed by atoms with van der Waals surface area (Å²) in [6.07, 6.45) is 9.85. The molecule has 1 aliphatic heterocycles. The van der Waals surface area contributed by atoms with Gasteiger partial charge in [-0.15, -0.1) is 11.8 Å². The van der Waals surface area contributed by atoms with Gasteiger partial charge in [-0.05, 0) is 62.2 Å². The Kier molecular flexibility index (Phi) is 18.2. The van der Waals surface area contributed by atoms with Crippen LogP contribution >= 0.6 is 11.8 Å². The average molecular weight is 414 g/mol. The minimum Gasteiger partial charge on any atom is -0.493 e. The molecule has 2 N–H and O–H groups in total. The third kappa shape index (κ3) is 13.9. The second-order valence-corrected chi connectivity index (χ2v) is 7.35. The lowest BCUT2D eigenvalue weighted by atomic mass is 9.90. The molecule has 1 atom stereocenters. The summed E-state index contributed by atoms with van der Waals surface area (Å²) in [6.45, 7) is 7.06.